The molecule has 6 rings (SSSR count). The number of rotatable bonds is 12. The molecule has 0 aliphatic heterocycles. The van der Waals surface area contributed by atoms with Crippen molar-refractivity contribution < 1.29 is 19.5 Å². The van der Waals surface area contributed by atoms with Gasteiger partial charge in [0.25, 0.3) is 5.91 Å². The Bertz CT molecular complexity index is 1900. The van der Waals surface area contributed by atoms with Crippen molar-refractivity contribution in [1.82, 2.24) is 14.9 Å². The zero-order valence-electron chi connectivity index (χ0n) is 29.4. The number of anilines is 1. The summed E-state index contributed by atoms with van der Waals surface area (Å²) in [6, 6.07) is 18.9. The number of carboxylic acids is 1. The van der Waals surface area contributed by atoms with E-state index in [0.29, 0.717) is 32.7 Å². The van der Waals surface area contributed by atoms with Gasteiger partial charge in [0.15, 0.2) is 5.82 Å². The first-order chi connectivity index (χ1) is 25.1. The average molecular weight is 740 g/mol. The summed E-state index contributed by atoms with van der Waals surface area (Å²) in [5.41, 5.74) is 5.53. The standard InChI is InChI=1S/C42H44Cl2N4O4/c1-2-27-3-8-30(9-4-27)31-12-14-32(15-13-31)35-23-45-41(46-24-35)33-10-5-28(6-11-33)25-48(26-40(50)51)42(52)34-16-18-36(19-17-34)47-39(49)22-29-7-20-37(43)38(44)21-29/h5-7,10-11,14,16-21,23-24,27,30-31H,2-4,8-9,12-13,15,22,25-26H2,1H3,(H,47,49)(H,50,51). The molecule has 10 heteroatoms. The summed E-state index contributed by atoms with van der Waals surface area (Å²) < 4.78 is 0. The predicted octanol–water partition coefficient (Wildman–Crippen LogP) is 9.76. The van der Waals surface area contributed by atoms with Gasteiger partial charge in [-0.05, 0) is 103 Å². The van der Waals surface area contributed by atoms with E-state index in [1.807, 2.05) is 36.7 Å². The maximum atomic E-state index is 13.4. The van der Waals surface area contributed by atoms with E-state index in [1.165, 1.54) is 49.0 Å². The molecule has 0 saturated heterocycles. The maximum absolute atomic E-state index is 13.4. The smallest absolute Gasteiger partial charge is 0.323 e. The second-order valence-electron chi connectivity index (χ2n) is 14.1. The van der Waals surface area contributed by atoms with Gasteiger partial charge in [0.1, 0.15) is 6.54 Å². The molecule has 52 heavy (non-hydrogen) atoms. The highest BCUT2D eigenvalue weighted by Gasteiger charge is 2.28. The van der Waals surface area contributed by atoms with E-state index in [4.69, 9.17) is 23.2 Å². The Kier molecular flexibility index (Phi) is 12.4. The quantitative estimate of drug-likeness (QED) is 0.150. The van der Waals surface area contributed by atoms with Crippen LogP contribution in [0.15, 0.2) is 85.2 Å². The van der Waals surface area contributed by atoms with Crippen LogP contribution >= 0.6 is 23.2 Å². The summed E-state index contributed by atoms with van der Waals surface area (Å²) in [4.78, 5) is 48.3. The molecule has 2 aliphatic rings. The lowest BCUT2D eigenvalue weighted by Gasteiger charge is -2.35. The van der Waals surface area contributed by atoms with E-state index < -0.39 is 18.4 Å². The molecule has 0 radical (unpaired) electrons. The molecule has 0 spiro atoms. The van der Waals surface area contributed by atoms with Crippen LogP contribution in [-0.4, -0.2) is 44.3 Å². The molecule has 8 nitrogen and oxygen atoms in total. The van der Waals surface area contributed by atoms with Crippen LogP contribution in [0.1, 0.15) is 85.3 Å². The zero-order valence-corrected chi connectivity index (χ0v) is 30.9. The molecule has 2 amide bonds. The van der Waals surface area contributed by atoms with Crippen molar-refractivity contribution in [2.75, 3.05) is 11.9 Å². The van der Waals surface area contributed by atoms with Gasteiger partial charge in [-0.3, -0.25) is 14.4 Å². The van der Waals surface area contributed by atoms with Crippen LogP contribution in [0, 0.1) is 17.8 Å². The lowest BCUT2D eigenvalue weighted by atomic mass is 9.71. The van der Waals surface area contributed by atoms with Crippen molar-refractivity contribution in [3.05, 3.63) is 117 Å². The van der Waals surface area contributed by atoms with Crippen molar-refractivity contribution in [3.8, 4) is 11.4 Å². The van der Waals surface area contributed by atoms with Gasteiger partial charge in [0, 0.05) is 41.3 Å². The van der Waals surface area contributed by atoms with E-state index in [-0.39, 0.29) is 18.9 Å². The minimum absolute atomic E-state index is 0.0960. The molecular weight excluding hydrogens is 695 g/mol. The molecule has 4 aromatic rings. The normalized spacial score (nSPS) is 18.7. The fraction of sp³-hybridized carbons (Fsp3) is 0.357. The van der Waals surface area contributed by atoms with Crippen LogP contribution in [0.5, 0.6) is 0 Å². The van der Waals surface area contributed by atoms with Gasteiger partial charge in [0.2, 0.25) is 5.91 Å². The highest BCUT2D eigenvalue weighted by atomic mass is 35.5. The summed E-state index contributed by atoms with van der Waals surface area (Å²) in [5, 5.41) is 13.2. The lowest BCUT2D eigenvalue weighted by molar-refractivity contribution is -0.137. The van der Waals surface area contributed by atoms with Crippen molar-refractivity contribution in [2.24, 2.45) is 17.8 Å². The lowest BCUT2D eigenvalue weighted by Crippen LogP contribution is -2.35. The van der Waals surface area contributed by atoms with E-state index >= 15 is 0 Å². The number of hydrogen-bond acceptors (Lipinski definition) is 5. The van der Waals surface area contributed by atoms with Gasteiger partial charge in [-0.1, -0.05) is 85.8 Å². The number of allylic oxidation sites excluding steroid dienone is 2. The van der Waals surface area contributed by atoms with Crippen LogP contribution in [0.3, 0.4) is 0 Å². The molecule has 3 aromatic carbocycles. The molecule has 0 bridgehead atoms. The monoisotopic (exact) mass is 738 g/mol. The van der Waals surface area contributed by atoms with Gasteiger partial charge in [-0.25, -0.2) is 9.97 Å². The Labute approximate surface area is 315 Å². The Balaban J connectivity index is 1.03. The molecule has 1 saturated carbocycles. The predicted molar refractivity (Wildman–Crippen MR) is 206 cm³/mol. The van der Waals surface area contributed by atoms with E-state index in [9.17, 15) is 19.5 Å². The first-order valence-corrected chi connectivity index (χ1v) is 18.9. The molecule has 2 aliphatic carbocycles. The number of amides is 2. The van der Waals surface area contributed by atoms with Crippen molar-refractivity contribution >= 4 is 52.2 Å². The second kappa shape index (κ2) is 17.3. The molecular formula is C42H44Cl2N4O4. The van der Waals surface area contributed by atoms with Crippen molar-refractivity contribution in [2.45, 2.75) is 71.3 Å². The molecule has 1 unspecified atom stereocenters. The van der Waals surface area contributed by atoms with E-state index in [0.717, 1.165) is 47.3 Å². The van der Waals surface area contributed by atoms with Crippen LogP contribution in [0.2, 0.25) is 10.0 Å². The zero-order chi connectivity index (χ0) is 36.6. The SMILES string of the molecule is CCC1CCC(C2CC=C(c3cnc(-c4ccc(CN(CC(=O)O)C(=O)c5ccc(NC(=O)Cc6ccc(Cl)c(Cl)c6)cc5)cc4)nc3)CC2)CC1. The maximum Gasteiger partial charge on any atom is 0.323 e. The summed E-state index contributed by atoms with van der Waals surface area (Å²) in [7, 11) is 0. The van der Waals surface area contributed by atoms with Crippen LogP contribution < -0.4 is 5.32 Å². The molecule has 2 N–H and O–H groups in total. The Morgan fingerprint density at radius 1 is 0.827 bits per heavy atom. The molecule has 1 heterocycles. The topological polar surface area (TPSA) is 112 Å². The number of nitrogens with one attached hydrogen (secondary N) is 1. The highest BCUT2D eigenvalue weighted by molar-refractivity contribution is 6.42. The largest absolute Gasteiger partial charge is 0.480 e. The number of halogens is 2. The highest BCUT2D eigenvalue weighted by Crippen LogP contribution is 2.41. The van der Waals surface area contributed by atoms with E-state index in [1.54, 1.807) is 42.5 Å². The summed E-state index contributed by atoms with van der Waals surface area (Å²) in [6.07, 6.45) is 16.7. The second-order valence-corrected chi connectivity index (χ2v) is 14.9. The summed E-state index contributed by atoms with van der Waals surface area (Å²) in [6.45, 7) is 1.95. The minimum Gasteiger partial charge on any atom is -0.480 e. The van der Waals surface area contributed by atoms with Crippen LogP contribution in [0.25, 0.3) is 17.0 Å². The summed E-state index contributed by atoms with van der Waals surface area (Å²) >= 11 is 12.0. The van der Waals surface area contributed by atoms with Crippen molar-refractivity contribution in [3.63, 3.8) is 0 Å². The van der Waals surface area contributed by atoms with Crippen LogP contribution in [-0.2, 0) is 22.6 Å². The van der Waals surface area contributed by atoms with Crippen LogP contribution in [0.4, 0.5) is 5.69 Å². The first-order valence-electron chi connectivity index (χ1n) is 18.1. The number of hydrogen-bond donors (Lipinski definition) is 2. The third kappa shape index (κ3) is 9.66. The fourth-order valence-corrected chi connectivity index (χ4v) is 7.84. The van der Waals surface area contributed by atoms with Gasteiger partial charge < -0.3 is 15.3 Å². The Hall–Kier alpha value is -4.53. The third-order valence-corrected chi connectivity index (χ3v) is 11.3. The number of carbonyl (C=O) groups is 3. The minimum atomic E-state index is -1.12. The third-order valence-electron chi connectivity index (χ3n) is 10.6. The molecule has 1 fully saturated rings. The number of benzene rings is 3. The first kappa shape index (κ1) is 37.2. The van der Waals surface area contributed by atoms with Gasteiger partial charge in [-0.15, -0.1) is 0 Å². The Morgan fingerprint density at radius 2 is 1.52 bits per heavy atom. The number of carboxylic acid groups (broad SMARTS) is 1. The number of aliphatic carboxylic acids is 1. The Morgan fingerprint density at radius 3 is 2.13 bits per heavy atom. The van der Waals surface area contributed by atoms with Gasteiger partial charge in [-0.2, -0.15) is 0 Å². The average Bonchev–Trinajstić information content (AvgIpc) is 3.16. The number of nitrogens with zero attached hydrogens (tertiary/aromatic N) is 3. The number of carbonyl (C=O) groups excluding carboxylic acids is 2. The fourth-order valence-electron chi connectivity index (χ4n) is 7.52. The molecule has 270 valence electrons. The van der Waals surface area contributed by atoms with Gasteiger partial charge >= 0.3 is 5.97 Å². The summed E-state index contributed by atoms with van der Waals surface area (Å²) in [5.74, 6) is 1.40. The molecule has 1 atom stereocenters. The van der Waals surface area contributed by atoms with Crippen molar-refractivity contribution in [1.29, 1.82) is 0 Å². The van der Waals surface area contributed by atoms with E-state index in [2.05, 4.69) is 28.3 Å². The molecule has 1 aromatic heterocycles. The van der Waals surface area contributed by atoms with Gasteiger partial charge in [0.05, 0.1) is 16.5 Å². The number of aromatic nitrogens is 2.